The molecule has 7 heteroatoms. The Bertz CT molecular complexity index is 710. The minimum absolute atomic E-state index is 0. The SMILES string of the molecule is CC1(C(=O)N2CCC(N3CCNCC3)C2)CCCN(C(=O)c2ccccc2)C1.Cl. The van der Waals surface area contributed by atoms with E-state index in [1.54, 1.807) is 0 Å². The summed E-state index contributed by atoms with van der Waals surface area (Å²) < 4.78 is 0. The van der Waals surface area contributed by atoms with Crippen LogP contribution in [0.1, 0.15) is 36.5 Å². The van der Waals surface area contributed by atoms with Gasteiger partial charge in [0.15, 0.2) is 0 Å². The first-order chi connectivity index (χ1) is 13.6. The molecule has 0 saturated carbocycles. The van der Waals surface area contributed by atoms with Crippen molar-refractivity contribution in [2.45, 2.75) is 32.2 Å². The third-order valence-electron chi connectivity index (χ3n) is 6.64. The molecule has 3 saturated heterocycles. The predicted octanol–water partition coefficient (Wildman–Crippen LogP) is 1.86. The number of benzene rings is 1. The van der Waals surface area contributed by atoms with E-state index < -0.39 is 5.41 Å². The van der Waals surface area contributed by atoms with Crippen LogP contribution < -0.4 is 5.32 Å². The number of rotatable bonds is 3. The van der Waals surface area contributed by atoms with Crippen LogP contribution in [0.4, 0.5) is 0 Å². The zero-order valence-electron chi connectivity index (χ0n) is 17.3. The molecule has 29 heavy (non-hydrogen) atoms. The van der Waals surface area contributed by atoms with Crippen molar-refractivity contribution in [3.8, 4) is 0 Å². The number of carbonyl (C=O) groups is 2. The summed E-state index contributed by atoms with van der Waals surface area (Å²) in [5, 5.41) is 3.40. The molecule has 4 rings (SSSR count). The Balaban J connectivity index is 0.00000240. The van der Waals surface area contributed by atoms with E-state index in [0.29, 0.717) is 18.2 Å². The van der Waals surface area contributed by atoms with Crippen LogP contribution in [0.3, 0.4) is 0 Å². The van der Waals surface area contributed by atoms with Gasteiger partial charge in [0.05, 0.1) is 5.41 Å². The number of likely N-dealkylation sites (tertiary alicyclic amines) is 2. The van der Waals surface area contributed by atoms with Crippen molar-refractivity contribution in [2.75, 3.05) is 52.4 Å². The van der Waals surface area contributed by atoms with Gasteiger partial charge in [0, 0.05) is 64.0 Å². The predicted molar refractivity (Wildman–Crippen MR) is 116 cm³/mol. The maximum Gasteiger partial charge on any atom is 0.253 e. The highest BCUT2D eigenvalue weighted by Gasteiger charge is 2.44. The fourth-order valence-electron chi connectivity index (χ4n) is 5.00. The van der Waals surface area contributed by atoms with Gasteiger partial charge < -0.3 is 15.1 Å². The lowest BCUT2D eigenvalue weighted by molar-refractivity contribution is -0.142. The monoisotopic (exact) mass is 420 g/mol. The molecule has 3 heterocycles. The van der Waals surface area contributed by atoms with Gasteiger partial charge in [-0.2, -0.15) is 0 Å². The van der Waals surface area contributed by atoms with Gasteiger partial charge in [-0.05, 0) is 38.3 Å². The number of piperazine rings is 1. The van der Waals surface area contributed by atoms with Crippen molar-refractivity contribution in [1.82, 2.24) is 20.0 Å². The molecule has 2 amide bonds. The smallest absolute Gasteiger partial charge is 0.253 e. The fraction of sp³-hybridized carbons (Fsp3) is 0.636. The second-order valence-corrected chi connectivity index (χ2v) is 8.74. The minimum Gasteiger partial charge on any atom is -0.341 e. The summed E-state index contributed by atoms with van der Waals surface area (Å²) in [7, 11) is 0. The van der Waals surface area contributed by atoms with Crippen LogP contribution in [0.25, 0.3) is 0 Å². The maximum atomic E-state index is 13.4. The van der Waals surface area contributed by atoms with Crippen molar-refractivity contribution < 1.29 is 9.59 Å². The van der Waals surface area contributed by atoms with Gasteiger partial charge in [0.2, 0.25) is 5.91 Å². The van der Waals surface area contributed by atoms with E-state index in [1.165, 1.54) is 0 Å². The number of amides is 2. The first kappa shape index (κ1) is 22.1. The number of hydrogen-bond acceptors (Lipinski definition) is 4. The highest BCUT2D eigenvalue weighted by atomic mass is 35.5. The third kappa shape index (κ3) is 4.76. The van der Waals surface area contributed by atoms with Crippen LogP contribution >= 0.6 is 12.4 Å². The molecule has 0 aromatic heterocycles. The Morgan fingerprint density at radius 1 is 1.03 bits per heavy atom. The van der Waals surface area contributed by atoms with E-state index in [1.807, 2.05) is 35.2 Å². The quantitative estimate of drug-likeness (QED) is 0.810. The summed E-state index contributed by atoms with van der Waals surface area (Å²) in [5.74, 6) is 0.273. The average molecular weight is 421 g/mol. The summed E-state index contributed by atoms with van der Waals surface area (Å²) >= 11 is 0. The Labute approximate surface area is 180 Å². The van der Waals surface area contributed by atoms with E-state index in [-0.39, 0.29) is 24.2 Å². The maximum absolute atomic E-state index is 13.4. The molecule has 2 atom stereocenters. The molecule has 160 valence electrons. The minimum atomic E-state index is -0.471. The van der Waals surface area contributed by atoms with Crippen LogP contribution in [0, 0.1) is 5.41 Å². The van der Waals surface area contributed by atoms with Gasteiger partial charge in [-0.3, -0.25) is 14.5 Å². The summed E-state index contributed by atoms with van der Waals surface area (Å²) in [6, 6.07) is 9.90. The molecule has 1 aromatic carbocycles. The number of nitrogens with zero attached hydrogens (tertiary/aromatic N) is 3. The topological polar surface area (TPSA) is 55.9 Å². The van der Waals surface area contributed by atoms with Crippen LogP contribution in [0.15, 0.2) is 30.3 Å². The lowest BCUT2D eigenvalue weighted by Gasteiger charge is -2.41. The summed E-state index contributed by atoms with van der Waals surface area (Å²) in [4.78, 5) is 32.8. The zero-order chi connectivity index (χ0) is 19.6. The highest BCUT2D eigenvalue weighted by molar-refractivity contribution is 5.95. The Morgan fingerprint density at radius 2 is 1.76 bits per heavy atom. The molecule has 1 aromatic rings. The van der Waals surface area contributed by atoms with E-state index in [0.717, 1.165) is 65.1 Å². The molecule has 0 bridgehead atoms. The number of halogens is 1. The van der Waals surface area contributed by atoms with E-state index in [4.69, 9.17) is 0 Å². The van der Waals surface area contributed by atoms with Gasteiger partial charge >= 0.3 is 0 Å². The number of carbonyl (C=O) groups excluding carboxylic acids is 2. The Kier molecular flexibility index (Phi) is 7.19. The number of hydrogen-bond donors (Lipinski definition) is 1. The van der Waals surface area contributed by atoms with Gasteiger partial charge in [-0.25, -0.2) is 0 Å². The molecule has 0 spiro atoms. The van der Waals surface area contributed by atoms with Gasteiger partial charge in [-0.15, -0.1) is 12.4 Å². The van der Waals surface area contributed by atoms with Crippen LogP contribution in [0.2, 0.25) is 0 Å². The van der Waals surface area contributed by atoms with Crippen molar-refractivity contribution >= 4 is 24.2 Å². The van der Waals surface area contributed by atoms with Crippen molar-refractivity contribution in [1.29, 1.82) is 0 Å². The van der Waals surface area contributed by atoms with Crippen molar-refractivity contribution in [3.63, 3.8) is 0 Å². The second kappa shape index (κ2) is 9.45. The zero-order valence-corrected chi connectivity index (χ0v) is 18.1. The van der Waals surface area contributed by atoms with Crippen LogP contribution in [0.5, 0.6) is 0 Å². The van der Waals surface area contributed by atoms with E-state index in [9.17, 15) is 9.59 Å². The Hall–Kier alpha value is -1.63. The normalized spacial score (nSPS) is 28.1. The molecule has 0 radical (unpaired) electrons. The molecular weight excluding hydrogens is 388 g/mol. The molecule has 6 nitrogen and oxygen atoms in total. The van der Waals surface area contributed by atoms with E-state index >= 15 is 0 Å². The third-order valence-corrected chi connectivity index (χ3v) is 6.64. The largest absolute Gasteiger partial charge is 0.341 e. The van der Waals surface area contributed by atoms with Gasteiger partial charge in [0.1, 0.15) is 0 Å². The molecule has 1 N–H and O–H groups in total. The summed E-state index contributed by atoms with van der Waals surface area (Å²) in [6.07, 6.45) is 2.81. The molecule has 3 aliphatic rings. The first-order valence-electron chi connectivity index (χ1n) is 10.7. The summed E-state index contributed by atoms with van der Waals surface area (Å²) in [5.41, 5.74) is 0.236. The van der Waals surface area contributed by atoms with E-state index in [2.05, 4.69) is 22.0 Å². The molecule has 3 fully saturated rings. The molecule has 3 aliphatic heterocycles. The second-order valence-electron chi connectivity index (χ2n) is 8.74. The first-order valence-corrected chi connectivity index (χ1v) is 10.7. The molecule has 0 aliphatic carbocycles. The number of nitrogens with one attached hydrogen (secondary N) is 1. The van der Waals surface area contributed by atoms with Gasteiger partial charge in [0.25, 0.3) is 5.91 Å². The average Bonchev–Trinajstić information content (AvgIpc) is 3.24. The lowest BCUT2D eigenvalue weighted by Crippen LogP contribution is -2.53. The van der Waals surface area contributed by atoms with Crippen molar-refractivity contribution in [2.24, 2.45) is 5.41 Å². The lowest BCUT2D eigenvalue weighted by atomic mass is 9.80. The molecular formula is C22H33ClN4O2. The standard InChI is InChI=1S/C22H32N4O2.ClH/c1-22(9-5-12-26(17-22)20(27)18-6-3-2-4-7-18)21(28)25-13-8-19(16-25)24-14-10-23-11-15-24;/h2-4,6-7,19,23H,5,8-17H2,1H3;1H. The Morgan fingerprint density at radius 3 is 2.48 bits per heavy atom. The van der Waals surface area contributed by atoms with Crippen LogP contribution in [-0.4, -0.2) is 84.9 Å². The van der Waals surface area contributed by atoms with Crippen LogP contribution in [-0.2, 0) is 4.79 Å². The number of piperidine rings is 1. The fourth-order valence-corrected chi connectivity index (χ4v) is 5.00. The van der Waals surface area contributed by atoms with Crippen molar-refractivity contribution in [3.05, 3.63) is 35.9 Å². The summed E-state index contributed by atoms with van der Waals surface area (Å²) in [6.45, 7) is 9.22. The molecule has 2 unspecified atom stereocenters. The van der Waals surface area contributed by atoms with Gasteiger partial charge in [-0.1, -0.05) is 18.2 Å². The highest BCUT2D eigenvalue weighted by Crippen LogP contribution is 2.34.